The van der Waals surface area contributed by atoms with Gasteiger partial charge < -0.3 is 10.1 Å². The fourth-order valence-corrected chi connectivity index (χ4v) is 4.17. The van der Waals surface area contributed by atoms with Gasteiger partial charge in [-0.25, -0.2) is 9.78 Å². The summed E-state index contributed by atoms with van der Waals surface area (Å²) in [7, 11) is 0. The topological polar surface area (TPSA) is 119 Å². The van der Waals surface area contributed by atoms with Gasteiger partial charge in [-0.1, -0.05) is 11.8 Å². The van der Waals surface area contributed by atoms with Crippen LogP contribution in [0.5, 0.6) is 0 Å². The molecule has 144 valence electrons. The molecule has 2 aromatic heterocycles. The van der Waals surface area contributed by atoms with Crippen LogP contribution < -0.4 is 10.9 Å². The first-order valence-corrected chi connectivity index (χ1v) is 9.71. The van der Waals surface area contributed by atoms with Crippen LogP contribution in [-0.2, 0) is 9.53 Å². The molecule has 10 heteroatoms. The number of amides is 1. The van der Waals surface area contributed by atoms with Crippen LogP contribution >= 0.6 is 11.8 Å². The minimum atomic E-state index is -0.405. The molecule has 0 saturated carbocycles. The Labute approximate surface area is 163 Å². The standard InChI is InChI=1S/C18H17N5O4S/c1-2-27-17(26)10-3-5-11(6-4-10)20-14(24)7-12-9-28-18-21-15-13(8-19-22-15)16(25)23(12)18/h3-6,8,12H,2,7,9H2,1H3,(H,19,22)(H,20,24)/t12-/m1/s1. The average molecular weight is 399 g/mol. The lowest BCUT2D eigenvalue weighted by Gasteiger charge is -2.13. The number of thioether (sulfide) groups is 1. The number of benzene rings is 1. The number of carbonyl (C=O) groups excluding carboxylic acids is 2. The molecular weight excluding hydrogens is 382 g/mol. The Bertz CT molecular complexity index is 1110. The van der Waals surface area contributed by atoms with Crippen LogP contribution in [0.15, 0.2) is 40.4 Å². The van der Waals surface area contributed by atoms with E-state index >= 15 is 0 Å². The van der Waals surface area contributed by atoms with Crippen LogP contribution in [0.25, 0.3) is 11.0 Å². The third-order valence-corrected chi connectivity index (χ3v) is 5.45. The zero-order valence-electron chi connectivity index (χ0n) is 15.0. The Morgan fingerprint density at radius 1 is 1.36 bits per heavy atom. The number of rotatable bonds is 5. The van der Waals surface area contributed by atoms with Crippen LogP contribution in [0, 0.1) is 0 Å². The number of aromatic amines is 1. The van der Waals surface area contributed by atoms with Crippen molar-refractivity contribution >= 4 is 40.4 Å². The van der Waals surface area contributed by atoms with Crippen molar-refractivity contribution in [2.45, 2.75) is 24.5 Å². The molecule has 4 rings (SSSR count). The Balaban J connectivity index is 1.46. The second kappa shape index (κ2) is 7.47. The van der Waals surface area contributed by atoms with Crippen molar-refractivity contribution in [2.75, 3.05) is 17.7 Å². The summed E-state index contributed by atoms with van der Waals surface area (Å²) >= 11 is 1.44. The maximum absolute atomic E-state index is 12.7. The number of anilines is 1. The van der Waals surface area contributed by atoms with Crippen molar-refractivity contribution in [2.24, 2.45) is 0 Å². The van der Waals surface area contributed by atoms with Crippen molar-refractivity contribution in [3.8, 4) is 0 Å². The number of H-pyrrole nitrogens is 1. The van der Waals surface area contributed by atoms with Gasteiger partial charge in [0.25, 0.3) is 5.56 Å². The number of esters is 1. The Morgan fingerprint density at radius 3 is 2.89 bits per heavy atom. The van der Waals surface area contributed by atoms with Gasteiger partial charge in [-0.15, -0.1) is 0 Å². The molecule has 0 spiro atoms. The van der Waals surface area contributed by atoms with Gasteiger partial charge in [-0.05, 0) is 31.2 Å². The van der Waals surface area contributed by atoms with Gasteiger partial charge in [-0.3, -0.25) is 19.3 Å². The second-order valence-electron chi connectivity index (χ2n) is 6.22. The van der Waals surface area contributed by atoms with E-state index in [9.17, 15) is 14.4 Å². The van der Waals surface area contributed by atoms with Crippen molar-refractivity contribution in [1.29, 1.82) is 0 Å². The molecule has 1 atom stereocenters. The number of nitrogens with one attached hydrogen (secondary N) is 2. The maximum atomic E-state index is 12.7. The highest BCUT2D eigenvalue weighted by Gasteiger charge is 2.28. The van der Waals surface area contributed by atoms with E-state index in [0.717, 1.165) is 0 Å². The monoisotopic (exact) mass is 399 g/mol. The highest BCUT2D eigenvalue weighted by molar-refractivity contribution is 7.99. The first kappa shape index (κ1) is 18.2. The second-order valence-corrected chi connectivity index (χ2v) is 7.20. The molecule has 0 saturated heterocycles. The fraction of sp³-hybridized carbons (Fsp3) is 0.278. The minimum absolute atomic E-state index is 0.143. The van der Waals surface area contributed by atoms with Gasteiger partial charge in [0.2, 0.25) is 5.91 Å². The highest BCUT2D eigenvalue weighted by atomic mass is 32.2. The number of fused-ring (bicyclic) bond motifs is 2. The zero-order chi connectivity index (χ0) is 19.7. The summed E-state index contributed by atoms with van der Waals surface area (Å²) in [5.74, 6) is -0.0313. The molecule has 1 aliphatic rings. The number of hydrogen-bond donors (Lipinski definition) is 2. The summed E-state index contributed by atoms with van der Waals surface area (Å²) < 4.78 is 6.49. The van der Waals surface area contributed by atoms with Gasteiger partial charge in [0.15, 0.2) is 10.8 Å². The lowest BCUT2D eigenvalue weighted by Crippen LogP contribution is -2.27. The molecule has 0 aliphatic carbocycles. The van der Waals surface area contributed by atoms with E-state index in [1.807, 2.05) is 0 Å². The number of hydrogen-bond acceptors (Lipinski definition) is 7. The average Bonchev–Trinajstić information content (AvgIpc) is 3.30. The molecular formula is C18H17N5O4S. The molecule has 0 bridgehead atoms. The van der Waals surface area contributed by atoms with Gasteiger partial charge in [-0.2, -0.15) is 5.10 Å². The van der Waals surface area contributed by atoms with E-state index in [2.05, 4.69) is 20.5 Å². The van der Waals surface area contributed by atoms with Crippen molar-refractivity contribution in [3.05, 3.63) is 46.4 Å². The predicted molar refractivity (Wildman–Crippen MR) is 104 cm³/mol. The smallest absolute Gasteiger partial charge is 0.338 e. The fourth-order valence-electron chi connectivity index (χ4n) is 3.04. The van der Waals surface area contributed by atoms with Crippen molar-refractivity contribution in [3.63, 3.8) is 0 Å². The van der Waals surface area contributed by atoms with Crippen LogP contribution in [0.3, 0.4) is 0 Å². The molecule has 9 nitrogen and oxygen atoms in total. The van der Waals surface area contributed by atoms with Crippen LogP contribution in [0.1, 0.15) is 29.7 Å². The summed E-state index contributed by atoms with van der Waals surface area (Å²) in [5, 5.41) is 10.3. The Kier molecular flexibility index (Phi) is 4.86. The number of ether oxygens (including phenoxy) is 1. The summed E-state index contributed by atoms with van der Waals surface area (Å²) in [4.78, 5) is 41.2. The largest absolute Gasteiger partial charge is 0.462 e. The van der Waals surface area contributed by atoms with Crippen LogP contribution in [0.4, 0.5) is 5.69 Å². The molecule has 1 aromatic carbocycles. The number of nitrogens with zero attached hydrogens (tertiary/aromatic N) is 3. The SMILES string of the molecule is CCOC(=O)c1ccc(NC(=O)C[C@@H]2CSc3nc4[nH]ncc4c(=O)n32)cc1. The van der Waals surface area contributed by atoms with Gasteiger partial charge in [0.1, 0.15) is 5.39 Å². The summed E-state index contributed by atoms with van der Waals surface area (Å²) in [6.45, 7) is 2.04. The maximum Gasteiger partial charge on any atom is 0.338 e. The van der Waals surface area contributed by atoms with E-state index in [0.29, 0.717) is 39.8 Å². The van der Waals surface area contributed by atoms with Crippen molar-refractivity contribution in [1.82, 2.24) is 19.7 Å². The van der Waals surface area contributed by atoms with E-state index in [4.69, 9.17) is 4.74 Å². The van der Waals surface area contributed by atoms with Crippen molar-refractivity contribution < 1.29 is 14.3 Å². The molecule has 1 aliphatic heterocycles. The van der Waals surface area contributed by atoms with E-state index in [-0.39, 0.29) is 23.9 Å². The summed E-state index contributed by atoms with van der Waals surface area (Å²) in [6.07, 6.45) is 1.59. The Hall–Kier alpha value is -3.14. The first-order valence-electron chi connectivity index (χ1n) is 8.72. The molecule has 3 aromatic rings. The lowest BCUT2D eigenvalue weighted by molar-refractivity contribution is -0.116. The van der Waals surface area contributed by atoms with Gasteiger partial charge in [0.05, 0.1) is 24.4 Å². The van der Waals surface area contributed by atoms with Crippen LogP contribution in [0.2, 0.25) is 0 Å². The van der Waals surface area contributed by atoms with Gasteiger partial charge in [0, 0.05) is 17.9 Å². The molecule has 28 heavy (non-hydrogen) atoms. The zero-order valence-corrected chi connectivity index (χ0v) is 15.8. The molecule has 0 fully saturated rings. The van der Waals surface area contributed by atoms with E-state index in [1.165, 1.54) is 18.0 Å². The quantitative estimate of drug-likeness (QED) is 0.497. The predicted octanol–water partition coefficient (Wildman–Crippen LogP) is 1.97. The summed E-state index contributed by atoms with van der Waals surface area (Å²) in [5.41, 5.74) is 1.24. The molecule has 0 unspecified atom stereocenters. The molecule has 1 amide bonds. The third kappa shape index (κ3) is 3.38. The van der Waals surface area contributed by atoms with Crippen LogP contribution in [-0.4, -0.2) is 44.0 Å². The molecule has 3 heterocycles. The summed E-state index contributed by atoms with van der Waals surface area (Å²) in [6, 6.07) is 6.20. The first-order chi connectivity index (χ1) is 13.6. The highest BCUT2D eigenvalue weighted by Crippen LogP contribution is 2.33. The number of carbonyl (C=O) groups is 2. The minimum Gasteiger partial charge on any atom is -0.462 e. The van der Waals surface area contributed by atoms with E-state index < -0.39 is 5.97 Å². The Morgan fingerprint density at radius 2 is 2.14 bits per heavy atom. The number of aromatic nitrogens is 4. The lowest BCUT2D eigenvalue weighted by atomic mass is 10.2. The normalized spacial score (nSPS) is 15.4. The molecule has 0 radical (unpaired) electrons. The van der Waals surface area contributed by atoms with Gasteiger partial charge >= 0.3 is 5.97 Å². The van der Waals surface area contributed by atoms with E-state index in [1.54, 1.807) is 35.8 Å². The third-order valence-electron chi connectivity index (χ3n) is 4.35. The molecule has 2 N–H and O–H groups in total.